The number of Topliss-reactive ketones (excluding diaryl/α,β-unsaturated/α-hetero) is 1. The predicted molar refractivity (Wildman–Crippen MR) is 109 cm³/mol. The van der Waals surface area contributed by atoms with Crippen LogP contribution in [-0.4, -0.2) is 18.9 Å². The van der Waals surface area contributed by atoms with Gasteiger partial charge in [0.05, 0.1) is 18.2 Å². The summed E-state index contributed by atoms with van der Waals surface area (Å²) in [5, 5.41) is 0.565. The van der Waals surface area contributed by atoms with Crippen LogP contribution in [0.1, 0.15) is 26.3 Å². The molecule has 0 radical (unpaired) electrons. The average Bonchev–Trinajstić information content (AvgIpc) is 3.03. The van der Waals surface area contributed by atoms with Crippen LogP contribution in [0.3, 0.4) is 0 Å². The Labute approximate surface area is 172 Å². The summed E-state index contributed by atoms with van der Waals surface area (Å²) in [5.41, 5.74) is 1.53. The number of ether oxygens (including phenoxy) is 3. The Morgan fingerprint density at radius 2 is 1.76 bits per heavy atom. The minimum absolute atomic E-state index is 0.181. The first-order valence-corrected chi connectivity index (χ1v) is 9.11. The molecule has 4 rings (SSSR count). The van der Waals surface area contributed by atoms with Crippen molar-refractivity contribution >= 4 is 29.4 Å². The molecule has 3 aromatic carbocycles. The molecular weight excluding hydrogens is 392 g/mol. The zero-order valence-corrected chi connectivity index (χ0v) is 16.1. The molecular formula is C23H15ClO5. The van der Waals surface area contributed by atoms with E-state index in [1.165, 1.54) is 6.07 Å². The van der Waals surface area contributed by atoms with E-state index in [9.17, 15) is 9.59 Å². The molecule has 0 aromatic heterocycles. The number of hydrogen-bond donors (Lipinski definition) is 0. The summed E-state index contributed by atoms with van der Waals surface area (Å²) in [6.45, 7) is 0. The van der Waals surface area contributed by atoms with E-state index < -0.39 is 5.97 Å². The number of fused-ring (bicyclic) bond motifs is 1. The molecule has 0 saturated heterocycles. The highest BCUT2D eigenvalue weighted by Crippen LogP contribution is 2.35. The lowest BCUT2D eigenvalue weighted by atomic mass is 10.1. The summed E-state index contributed by atoms with van der Waals surface area (Å²) in [7, 11) is 1.55. The molecule has 0 bridgehead atoms. The largest absolute Gasteiger partial charge is 0.497 e. The number of benzene rings is 3. The van der Waals surface area contributed by atoms with Crippen LogP contribution in [-0.2, 0) is 0 Å². The molecule has 6 heteroatoms. The smallest absolute Gasteiger partial charge is 0.343 e. The van der Waals surface area contributed by atoms with Gasteiger partial charge in [-0.3, -0.25) is 4.79 Å². The number of carbonyl (C=O) groups excluding carboxylic acids is 2. The van der Waals surface area contributed by atoms with Gasteiger partial charge in [0.1, 0.15) is 17.2 Å². The highest BCUT2D eigenvalue weighted by molar-refractivity contribution is 6.30. The molecule has 0 amide bonds. The minimum Gasteiger partial charge on any atom is -0.497 e. The molecule has 3 aromatic rings. The first-order chi connectivity index (χ1) is 14.0. The highest BCUT2D eigenvalue weighted by Gasteiger charge is 2.28. The lowest BCUT2D eigenvalue weighted by Gasteiger charge is -2.06. The second-order valence-electron chi connectivity index (χ2n) is 6.27. The fourth-order valence-corrected chi connectivity index (χ4v) is 3.07. The van der Waals surface area contributed by atoms with Gasteiger partial charge in [-0.2, -0.15) is 0 Å². The van der Waals surface area contributed by atoms with Crippen LogP contribution in [0.2, 0.25) is 5.02 Å². The van der Waals surface area contributed by atoms with Crippen molar-refractivity contribution in [3.05, 3.63) is 94.2 Å². The number of rotatable bonds is 4. The van der Waals surface area contributed by atoms with E-state index >= 15 is 0 Å². The van der Waals surface area contributed by atoms with Crippen molar-refractivity contribution in [2.45, 2.75) is 0 Å². The maximum absolute atomic E-state index is 12.6. The Morgan fingerprint density at radius 1 is 1.00 bits per heavy atom. The maximum Gasteiger partial charge on any atom is 0.343 e. The number of allylic oxidation sites excluding steroid dienone is 1. The summed E-state index contributed by atoms with van der Waals surface area (Å²) in [5.74, 6) is 0.676. The van der Waals surface area contributed by atoms with E-state index in [-0.39, 0.29) is 17.3 Å². The second-order valence-corrected chi connectivity index (χ2v) is 6.71. The molecule has 0 saturated carbocycles. The van der Waals surface area contributed by atoms with Gasteiger partial charge in [-0.1, -0.05) is 23.7 Å². The third-order valence-electron chi connectivity index (χ3n) is 4.32. The zero-order valence-electron chi connectivity index (χ0n) is 15.3. The Balaban J connectivity index is 1.53. The van der Waals surface area contributed by atoms with Crippen molar-refractivity contribution in [2.24, 2.45) is 0 Å². The van der Waals surface area contributed by atoms with Crippen LogP contribution < -0.4 is 14.2 Å². The van der Waals surface area contributed by atoms with Crippen LogP contribution in [0.5, 0.6) is 17.2 Å². The van der Waals surface area contributed by atoms with Gasteiger partial charge in [-0.15, -0.1) is 0 Å². The zero-order chi connectivity index (χ0) is 20.4. The Hall–Kier alpha value is -3.57. The normalized spacial score (nSPS) is 13.7. The highest BCUT2D eigenvalue weighted by atomic mass is 35.5. The van der Waals surface area contributed by atoms with E-state index in [4.69, 9.17) is 25.8 Å². The quantitative estimate of drug-likeness (QED) is 0.339. The number of methoxy groups -OCH3 is 1. The average molecular weight is 407 g/mol. The van der Waals surface area contributed by atoms with Gasteiger partial charge < -0.3 is 14.2 Å². The van der Waals surface area contributed by atoms with Crippen molar-refractivity contribution < 1.29 is 23.8 Å². The number of ketones is 1. The van der Waals surface area contributed by atoms with E-state index in [1.807, 2.05) is 6.07 Å². The number of esters is 1. The molecule has 0 aliphatic carbocycles. The SMILES string of the molecule is COc1ccc(C(=O)Oc2ccc3c(c2)O/C(=C\c2cccc(Cl)c2)C3=O)cc1. The van der Waals surface area contributed by atoms with Crippen molar-refractivity contribution in [3.8, 4) is 17.2 Å². The van der Waals surface area contributed by atoms with Crippen molar-refractivity contribution in [1.29, 1.82) is 0 Å². The first kappa shape index (κ1) is 18.8. The summed E-state index contributed by atoms with van der Waals surface area (Å²) < 4.78 is 16.2. The van der Waals surface area contributed by atoms with Gasteiger partial charge in [0.25, 0.3) is 0 Å². The molecule has 0 fully saturated rings. The fraction of sp³-hybridized carbons (Fsp3) is 0.0435. The van der Waals surface area contributed by atoms with Crippen LogP contribution in [0.15, 0.2) is 72.5 Å². The second kappa shape index (κ2) is 7.81. The molecule has 0 N–H and O–H groups in total. The molecule has 29 heavy (non-hydrogen) atoms. The van der Waals surface area contributed by atoms with Gasteiger partial charge in [0, 0.05) is 11.1 Å². The van der Waals surface area contributed by atoms with Gasteiger partial charge in [-0.05, 0) is 60.2 Å². The van der Waals surface area contributed by atoms with Gasteiger partial charge >= 0.3 is 5.97 Å². The van der Waals surface area contributed by atoms with Crippen molar-refractivity contribution in [3.63, 3.8) is 0 Å². The van der Waals surface area contributed by atoms with Crippen molar-refractivity contribution in [2.75, 3.05) is 7.11 Å². The molecule has 144 valence electrons. The van der Waals surface area contributed by atoms with Crippen LogP contribution in [0.25, 0.3) is 6.08 Å². The monoisotopic (exact) mass is 406 g/mol. The summed E-state index contributed by atoms with van der Waals surface area (Å²) >= 11 is 5.98. The first-order valence-electron chi connectivity index (χ1n) is 8.73. The van der Waals surface area contributed by atoms with Gasteiger partial charge in [0.2, 0.25) is 5.78 Å². The Morgan fingerprint density at radius 3 is 2.48 bits per heavy atom. The van der Waals surface area contributed by atoms with Crippen LogP contribution >= 0.6 is 11.6 Å². The van der Waals surface area contributed by atoms with Gasteiger partial charge in [0.15, 0.2) is 5.76 Å². The molecule has 1 aliphatic heterocycles. The summed E-state index contributed by atoms with van der Waals surface area (Å²) in [6.07, 6.45) is 1.62. The lowest BCUT2D eigenvalue weighted by Crippen LogP contribution is -2.08. The topological polar surface area (TPSA) is 61.8 Å². The number of hydrogen-bond acceptors (Lipinski definition) is 5. The molecule has 5 nitrogen and oxygen atoms in total. The molecule has 0 unspecified atom stereocenters. The van der Waals surface area contributed by atoms with E-state index in [1.54, 1.807) is 67.8 Å². The van der Waals surface area contributed by atoms with E-state index in [2.05, 4.69) is 0 Å². The molecule has 1 aliphatic rings. The Kier molecular flexibility index (Phi) is 5.06. The number of halogens is 1. The van der Waals surface area contributed by atoms with E-state index in [0.29, 0.717) is 27.6 Å². The maximum atomic E-state index is 12.6. The third kappa shape index (κ3) is 4.00. The fourth-order valence-electron chi connectivity index (χ4n) is 2.87. The standard InChI is InChI=1S/C23H15ClO5/c1-27-17-7-5-15(6-8-17)23(26)28-18-9-10-19-20(13-18)29-21(22(19)25)12-14-3-2-4-16(24)11-14/h2-13H,1H3/b21-12-. The van der Waals surface area contributed by atoms with Gasteiger partial charge in [-0.25, -0.2) is 4.79 Å². The summed E-state index contributed by atoms with van der Waals surface area (Å²) in [6, 6.07) is 18.3. The van der Waals surface area contributed by atoms with Crippen LogP contribution in [0, 0.1) is 0 Å². The summed E-state index contributed by atoms with van der Waals surface area (Å²) in [4.78, 5) is 24.9. The molecule has 1 heterocycles. The van der Waals surface area contributed by atoms with Crippen molar-refractivity contribution in [1.82, 2.24) is 0 Å². The lowest BCUT2D eigenvalue weighted by molar-refractivity contribution is 0.0734. The number of carbonyl (C=O) groups is 2. The predicted octanol–water partition coefficient (Wildman–Crippen LogP) is 5.18. The van der Waals surface area contributed by atoms with Crippen LogP contribution in [0.4, 0.5) is 0 Å². The third-order valence-corrected chi connectivity index (χ3v) is 4.56. The molecule has 0 atom stereocenters. The Bertz CT molecular complexity index is 1130. The molecule has 0 spiro atoms. The van der Waals surface area contributed by atoms with E-state index in [0.717, 1.165) is 5.56 Å². The minimum atomic E-state index is -0.522.